The van der Waals surface area contributed by atoms with E-state index in [1.54, 1.807) is 54.6 Å². The van der Waals surface area contributed by atoms with E-state index in [0.717, 1.165) is 18.2 Å². The molecule has 0 radical (unpaired) electrons. The van der Waals surface area contributed by atoms with Crippen molar-refractivity contribution in [2.24, 2.45) is 0 Å². The number of hydrogen-bond acceptors (Lipinski definition) is 6. The van der Waals surface area contributed by atoms with Gasteiger partial charge >= 0.3 is 19.7 Å². The second kappa shape index (κ2) is 10.6. The number of alkyl carbamates (subject to hydrolysis) is 1. The summed E-state index contributed by atoms with van der Waals surface area (Å²) in [4.78, 5) is 33.6. The van der Waals surface area contributed by atoms with Gasteiger partial charge in [-0.3, -0.25) is 9.09 Å². The quantitative estimate of drug-likeness (QED) is 0.486. The lowest BCUT2D eigenvalue weighted by Crippen LogP contribution is -2.30. The van der Waals surface area contributed by atoms with Gasteiger partial charge in [-0.05, 0) is 11.1 Å². The van der Waals surface area contributed by atoms with Gasteiger partial charge in [0.25, 0.3) is 0 Å². The number of carbonyl (C=O) groups excluding carboxylic acids is 2. The van der Waals surface area contributed by atoms with Crippen molar-refractivity contribution in [1.82, 2.24) is 5.32 Å². The van der Waals surface area contributed by atoms with Gasteiger partial charge in [0.05, 0.1) is 7.11 Å². The third kappa shape index (κ3) is 7.52. The Kier molecular flexibility index (Phi) is 8.19. The fraction of sp³-hybridized carbons (Fsp3) is 0.263. The number of rotatable bonds is 9. The van der Waals surface area contributed by atoms with Crippen molar-refractivity contribution >= 4 is 19.7 Å². The monoisotopic (exact) mass is 407 g/mol. The van der Waals surface area contributed by atoms with Gasteiger partial charge in [-0.25, -0.2) is 9.59 Å². The molecule has 0 aromatic heterocycles. The van der Waals surface area contributed by atoms with Crippen LogP contribution in [0.4, 0.5) is 4.79 Å². The fourth-order valence-corrected chi connectivity index (χ4v) is 3.26. The maximum Gasteiger partial charge on any atom is 0.408 e. The second-order valence-corrected chi connectivity index (χ2v) is 7.64. The fourth-order valence-electron chi connectivity index (χ4n) is 2.30. The molecule has 0 saturated carbocycles. The molecule has 0 aliphatic rings. The maximum absolute atomic E-state index is 12.3. The molecular weight excluding hydrogens is 385 g/mol. The molecule has 0 bridgehead atoms. The van der Waals surface area contributed by atoms with E-state index in [2.05, 4.69) is 10.1 Å². The lowest BCUT2D eigenvalue weighted by Gasteiger charge is -2.20. The molecular formula is C19H22NO7P. The van der Waals surface area contributed by atoms with E-state index in [1.165, 1.54) is 0 Å². The molecule has 28 heavy (non-hydrogen) atoms. The molecule has 2 N–H and O–H groups in total. The Hall–Kier alpha value is -2.67. The Balaban J connectivity index is 1.87. The molecule has 0 saturated heterocycles. The highest BCUT2D eigenvalue weighted by Crippen LogP contribution is 2.42. The average Bonchev–Trinajstić information content (AvgIpc) is 2.71. The van der Waals surface area contributed by atoms with E-state index >= 15 is 0 Å². The summed E-state index contributed by atoms with van der Waals surface area (Å²) in [5, 5.41) is 2.17. The number of ether oxygens (including phenoxy) is 2. The number of nitrogens with one attached hydrogen (secondary N) is 1. The van der Waals surface area contributed by atoms with Gasteiger partial charge in [0.15, 0.2) is 6.10 Å². The molecule has 2 atom stereocenters. The Bertz CT molecular complexity index is 814. The number of carbonyl (C=O) groups is 2. The Morgan fingerprint density at radius 1 is 1.04 bits per heavy atom. The van der Waals surface area contributed by atoms with Crippen LogP contribution >= 0.6 is 7.60 Å². The van der Waals surface area contributed by atoms with Crippen LogP contribution in [0.25, 0.3) is 0 Å². The standard InChI is InChI=1S/C19H22NO7P/c1-25-18(21)17(12-15-8-4-2-5-9-15)27-28(23,24)14-20-19(22)26-13-16-10-6-3-7-11-16/h2-11,17H,12-14H2,1H3,(H,20,22)(H,23,24)/t17-/m0/s1. The first-order valence-electron chi connectivity index (χ1n) is 8.46. The van der Waals surface area contributed by atoms with Crippen molar-refractivity contribution in [3.8, 4) is 0 Å². The normalized spacial score (nSPS) is 13.8. The van der Waals surface area contributed by atoms with Crippen molar-refractivity contribution in [3.63, 3.8) is 0 Å². The lowest BCUT2D eigenvalue weighted by atomic mass is 10.1. The summed E-state index contributed by atoms with van der Waals surface area (Å²) >= 11 is 0. The van der Waals surface area contributed by atoms with Gasteiger partial charge in [0.1, 0.15) is 12.9 Å². The molecule has 0 aliphatic heterocycles. The highest BCUT2D eigenvalue weighted by atomic mass is 31.2. The number of esters is 1. The van der Waals surface area contributed by atoms with E-state index in [-0.39, 0.29) is 13.0 Å². The van der Waals surface area contributed by atoms with Gasteiger partial charge in [-0.2, -0.15) is 0 Å². The summed E-state index contributed by atoms with van der Waals surface area (Å²) < 4.78 is 26.9. The van der Waals surface area contributed by atoms with Crippen molar-refractivity contribution in [1.29, 1.82) is 0 Å². The molecule has 150 valence electrons. The average molecular weight is 407 g/mol. The Morgan fingerprint density at radius 2 is 1.61 bits per heavy atom. The molecule has 2 aromatic rings. The van der Waals surface area contributed by atoms with Crippen molar-refractivity contribution < 1.29 is 33.0 Å². The van der Waals surface area contributed by atoms with E-state index in [0.29, 0.717) is 0 Å². The summed E-state index contributed by atoms with van der Waals surface area (Å²) in [5.41, 5.74) is 1.50. The molecule has 1 unspecified atom stereocenters. The minimum Gasteiger partial charge on any atom is -0.467 e. The van der Waals surface area contributed by atoms with Crippen LogP contribution < -0.4 is 5.32 Å². The molecule has 2 aromatic carbocycles. The van der Waals surface area contributed by atoms with E-state index < -0.39 is 32.0 Å². The van der Waals surface area contributed by atoms with E-state index in [1.807, 2.05) is 6.07 Å². The molecule has 0 fully saturated rings. The lowest BCUT2D eigenvalue weighted by molar-refractivity contribution is -0.149. The van der Waals surface area contributed by atoms with Crippen LogP contribution in [0.2, 0.25) is 0 Å². The summed E-state index contributed by atoms with van der Waals surface area (Å²) in [7, 11) is -3.16. The number of amides is 1. The van der Waals surface area contributed by atoms with E-state index in [9.17, 15) is 19.0 Å². The highest BCUT2D eigenvalue weighted by Gasteiger charge is 2.31. The summed E-state index contributed by atoms with van der Waals surface area (Å²) in [6, 6.07) is 17.8. The summed E-state index contributed by atoms with van der Waals surface area (Å²) in [6.45, 7) is 0.0159. The van der Waals surface area contributed by atoms with Crippen LogP contribution in [-0.2, 0) is 36.4 Å². The van der Waals surface area contributed by atoms with Gasteiger partial charge in [0.2, 0.25) is 0 Å². The van der Waals surface area contributed by atoms with Gasteiger partial charge in [-0.1, -0.05) is 60.7 Å². The zero-order valence-electron chi connectivity index (χ0n) is 15.3. The molecule has 9 heteroatoms. The third-order valence-electron chi connectivity index (χ3n) is 3.66. The predicted octanol–water partition coefficient (Wildman–Crippen LogP) is 2.86. The third-order valence-corrected chi connectivity index (χ3v) is 4.80. The largest absolute Gasteiger partial charge is 0.467 e. The first kappa shape index (κ1) is 21.6. The second-order valence-electron chi connectivity index (χ2n) is 5.84. The summed E-state index contributed by atoms with van der Waals surface area (Å²) in [6.07, 6.45) is -2.82. The van der Waals surface area contributed by atoms with Crippen molar-refractivity contribution in [2.75, 3.05) is 13.4 Å². The SMILES string of the molecule is COC(=O)[C@H](Cc1ccccc1)OP(=O)(O)CNC(=O)OCc1ccccc1. The molecule has 0 heterocycles. The first-order valence-corrected chi connectivity index (χ1v) is 10.2. The van der Waals surface area contributed by atoms with Gasteiger partial charge in [0, 0.05) is 6.42 Å². The zero-order valence-corrected chi connectivity index (χ0v) is 16.2. The Labute approximate surface area is 163 Å². The molecule has 1 amide bonds. The number of methoxy groups -OCH3 is 1. The first-order chi connectivity index (χ1) is 13.4. The summed E-state index contributed by atoms with van der Waals surface area (Å²) in [5.74, 6) is -0.787. The van der Waals surface area contributed by atoms with Crippen LogP contribution in [-0.4, -0.2) is 36.5 Å². The topological polar surface area (TPSA) is 111 Å². The number of benzene rings is 2. The number of hydrogen-bond donors (Lipinski definition) is 2. The molecule has 0 aliphatic carbocycles. The van der Waals surface area contributed by atoms with Crippen LogP contribution in [0.5, 0.6) is 0 Å². The molecule has 0 spiro atoms. The highest BCUT2D eigenvalue weighted by molar-refractivity contribution is 7.52. The van der Waals surface area contributed by atoms with Gasteiger partial charge < -0.3 is 19.7 Å². The van der Waals surface area contributed by atoms with Crippen molar-refractivity contribution in [2.45, 2.75) is 19.1 Å². The Morgan fingerprint density at radius 3 is 2.18 bits per heavy atom. The zero-order chi connectivity index (χ0) is 20.4. The molecule has 2 rings (SSSR count). The minimum absolute atomic E-state index is 0.0159. The van der Waals surface area contributed by atoms with Crippen LogP contribution in [0.15, 0.2) is 60.7 Å². The van der Waals surface area contributed by atoms with Crippen LogP contribution in [0.1, 0.15) is 11.1 Å². The van der Waals surface area contributed by atoms with E-state index in [4.69, 9.17) is 9.26 Å². The molecule has 8 nitrogen and oxygen atoms in total. The van der Waals surface area contributed by atoms with Crippen LogP contribution in [0, 0.1) is 0 Å². The maximum atomic E-state index is 12.3. The van der Waals surface area contributed by atoms with Crippen LogP contribution in [0.3, 0.4) is 0 Å². The van der Waals surface area contributed by atoms with Gasteiger partial charge in [-0.15, -0.1) is 0 Å². The minimum atomic E-state index is -4.31. The smallest absolute Gasteiger partial charge is 0.408 e. The predicted molar refractivity (Wildman–Crippen MR) is 101 cm³/mol. The van der Waals surface area contributed by atoms with Crippen molar-refractivity contribution in [3.05, 3.63) is 71.8 Å².